The van der Waals surface area contributed by atoms with Gasteiger partial charge >= 0.3 is 5.97 Å². The Morgan fingerprint density at radius 3 is 3.08 bits per heavy atom. The zero-order chi connectivity index (χ0) is 9.47. The molecule has 0 aliphatic carbocycles. The topological polar surface area (TPSA) is 52.6 Å². The largest absolute Gasteiger partial charge is 0.469 e. The highest BCUT2D eigenvalue weighted by molar-refractivity contribution is 5.84. The number of rotatable bonds is 2. The number of hydrogen-bond donors (Lipinski definition) is 0. The van der Waals surface area contributed by atoms with Gasteiger partial charge in [-0.1, -0.05) is 6.08 Å². The van der Waals surface area contributed by atoms with E-state index >= 15 is 0 Å². The van der Waals surface area contributed by atoms with E-state index in [0.717, 1.165) is 0 Å². The summed E-state index contributed by atoms with van der Waals surface area (Å²) in [6.07, 6.45) is 4.58. The lowest BCUT2D eigenvalue weighted by atomic mass is 9.84. The lowest BCUT2D eigenvalue weighted by molar-refractivity contribution is -0.151. The zero-order valence-electron chi connectivity index (χ0n) is 7.23. The van der Waals surface area contributed by atoms with Gasteiger partial charge in [0.25, 0.3) is 0 Å². The summed E-state index contributed by atoms with van der Waals surface area (Å²) in [7, 11) is 1.32. The van der Waals surface area contributed by atoms with Crippen LogP contribution in [0.4, 0.5) is 0 Å². The third-order valence-electron chi connectivity index (χ3n) is 2.61. The van der Waals surface area contributed by atoms with Crippen LogP contribution in [0.2, 0.25) is 0 Å². The van der Waals surface area contributed by atoms with Crippen LogP contribution in [0.5, 0.6) is 0 Å². The third kappa shape index (κ3) is 1.02. The van der Waals surface area contributed by atoms with Gasteiger partial charge in [-0.05, 0) is 12.5 Å². The summed E-state index contributed by atoms with van der Waals surface area (Å²) in [6, 6.07) is 0. The molecule has 2 bridgehead atoms. The Morgan fingerprint density at radius 1 is 1.77 bits per heavy atom. The molecular weight excluding hydrogens is 172 g/mol. The number of aldehydes is 1. The van der Waals surface area contributed by atoms with Crippen LogP contribution in [-0.2, 0) is 19.1 Å². The maximum atomic E-state index is 11.3. The van der Waals surface area contributed by atoms with Crippen LogP contribution in [-0.4, -0.2) is 31.1 Å². The summed E-state index contributed by atoms with van der Waals surface area (Å²) in [5.41, 5.74) is -1.04. The first-order valence-corrected chi connectivity index (χ1v) is 4.13. The van der Waals surface area contributed by atoms with Crippen molar-refractivity contribution in [3.05, 3.63) is 12.2 Å². The molecule has 4 nitrogen and oxygen atoms in total. The molecule has 2 aliphatic heterocycles. The van der Waals surface area contributed by atoms with Crippen molar-refractivity contribution in [1.82, 2.24) is 0 Å². The van der Waals surface area contributed by atoms with E-state index in [9.17, 15) is 9.59 Å². The second-order valence-electron chi connectivity index (χ2n) is 3.30. The Kier molecular flexibility index (Phi) is 1.73. The van der Waals surface area contributed by atoms with Crippen molar-refractivity contribution in [3.8, 4) is 0 Å². The van der Waals surface area contributed by atoms with Crippen molar-refractivity contribution < 1.29 is 19.1 Å². The van der Waals surface area contributed by atoms with Crippen molar-refractivity contribution >= 4 is 12.3 Å². The smallest absolute Gasteiger partial charge is 0.312 e. The lowest BCUT2D eigenvalue weighted by Gasteiger charge is -2.21. The van der Waals surface area contributed by atoms with Gasteiger partial charge in [-0.3, -0.25) is 9.59 Å². The molecule has 1 saturated heterocycles. The Hall–Kier alpha value is -1.16. The fourth-order valence-corrected chi connectivity index (χ4v) is 1.91. The summed E-state index contributed by atoms with van der Waals surface area (Å²) in [5.74, 6) is -0.844. The fourth-order valence-electron chi connectivity index (χ4n) is 1.91. The quantitative estimate of drug-likeness (QED) is 0.344. The van der Waals surface area contributed by atoms with Crippen LogP contribution >= 0.6 is 0 Å². The highest BCUT2D eigenvalue weighted by Gasteiger charge is 2.54. The molecule has 1 fully saturated rings. The first kappa shape index (κ1) is 8.44. The summed E-state index contributed by atoms with van der Waals surface area (Å²) in [6.45, 7) is 0. The number of fused-ring (bicyclic) bond motifs is 2. The summed E-state index contributed by atoms with van der Waals surface area (Å²) in [4.78, 5) is 22.1. The first-order valence-electron chi connectivity index (χ1n) is 4.13. The summed E-state index contributed by atoms with van der Waals surface area (Å²) >= 11 is 0. The van der Waals surface area contributed by atoms with Crippen LogP contribution < -0.4 is 0 Å². The van der Waals surface area contributed by atoms with E-state index in [2.05, 4.69) is 4.74 Å². The predicted octanol–water partition coefficient (Wildman–Crippen LogP) is 0.0720. The maximum absolute atomic E-state index is 11.3. The number of carbonyl (C=O) groups is 2. The number of hydrogen-bond acceptors (Lipinski definition) is 4. The summed E-state index contributed by atoms with van der Waals surface area (Å²) < 4.78 is 9.97. The van der Waals surface area contributed by atoms with E-state index in [1.165, 1.54) is 7.11 Å². The Morgan fingerprint density at radius 2 is 2.54 bits per heavy atom. The molecule has 4 heteroatoms. The number of carbonyl (C=O) groups excluding carboxylic acids is 2. The minimum Gasteiger partial charge on any atom is -0.469 e. The van der Waals surface area contributed by atoms with Gasteiger partial charge in [-0.2, -0.15) is 0 Å². The monoisotopic (exact) mass is 182 g/mol. The number of ether oxygens (including phenoxy) is 2. The van der Waals surface area contributed by atoms with Crippen molar-refractivity contribution in [1.29, 1.82) is 0 Å². The van der Waals surface area contributed by atoms with Crippen molar-refractivity contribution in [2.45, 2.75) is 18.1 Å². The minimum absolute atomic E-state index is 0.103. The van der Waals surface area contributed by atoms with Crippen LogP contribution in [0, 0.1) is 5.92 Å². The minimum atomic E-state index is -1.04. The molecule has 0 N–H and O–H groups in total. The second-order valence-corrected chi connectivity index (χ2v) is 3.30. The lowest BCUT2D eigenvalue weighted by Crippen LogP contribution is -2.39. The van der Waals surface area contributed by atoms with Gasteiger partial charge in [0.1, 0.15) is 0 Å². The Bertz CT molecular complexity index is 283. The highest BCUT2D eigenvalue weighted by Crippen LogP contribution is 2.42. The molecule has 0 aromatic carbocycles. The van der Waals surface area contributed by atoms with Crippen LogP contribution in [0.25, 0.3) is 0 Å². The summed E-state index contributed by atoms with van der Waals surface area (Å²) in [5, 5.41) is 0. The van der Waals surface area contributed by atoms with Crippen molar-refractivity contribution in [2.75, 3.05) is 7.11 Å². The second kappa shape index (κ2) is 2.67. The molecule has 0 amide bonds. The SMILES string of the molecule is COC(=O)C1CC2C=CC1(C=O)O2. The molecule has 70 valence electrons. The first-order chi connectivity index (χ1) is 6.22. The molecular formula is C9H10O4. The van der Waals surface area contributed by atoms with E-state index in [0.29, 0.717) is 12.7 Å². The molecule has 0 radical (unpaired) electrons. The molecule has 3 atom stereocenters. The fraction of sp³-hybridized carbons (Fsp3) is 0.556. The van der Waals surface area contributed by atoms with E-state index in [-0.39, 0.29) is 12.1 Å². The van der Waals surface area contributed by atoms with E-state index in [1.807, 2.05) is 6.08 Å². The highest BCUT2D eigenvalue weighted by atomic mass is 16.5. The number of methoxy groups -OCH3 is 1. The molecule has 2 aliphatic rings. The molecule has 2 heterocycles. The van der Waals surface area contributed by atoms with Gasteiger partial charge < -0.3 is 9.47 Å². The number of esters is 1. The molecule has 0 aromatic rings. The van der Waals surface area contributed by atoms with E-state index < -0.39 is 11.5 Å². The average Bonchev–Trinajstić information content (AvgIpc) is 2.74. The van der Waals surface area contributed by atoms with Gasteiger partial charge in [0, 0.05) is 0 Å². The van der Waals surface area contributed by atoms with Gasteiger partial charge in [-0.25, -0.2) is 0 Å². The Balaban J connectivity index is 2.28. The molecule has 0 spiro atoms. The van der Waals surface area contributed by atoms with Gasteiger partial charge in [0.15, 0.2) is 11.9 Å². The standard InChI is InChI=1S/C9H10O4/c1-12-8(11)7-4-6-2-3-9(7,5-10)13-6/h2-3,5-7H,4H2,1H3. The molecule has 0 saturated carbocycles. The average molecular weight is 182 g/mol. The van der Waals surface area contributed by atoms with Gasteiger partial charge in [-0.15, -0.1) is 0 Å². The maximum Gasteiger partial charge on any atom is 0.312 e. The molecule has 0 aromatic heterocycles. The van der Waals surface area contributed by atoms with Gasteiger partial charge in [0.05, 0.1) is 19.1 Å². The molecule has 2 rings (SSSR count). The van der Waals surface area contributed by atoms with Crippen molar-refractivity contribution in [2.24, 2.45) is 5.92 Å². The van der Waals surface area contributed by atoms with Crippen LogP contribution in [0.3, 0.4) is 0 Å². The Labute approximate surface area is 75.5 Å². The zero-order valence-corrected chi connectivity index (χ0v) is 7.23. The van der Waals surface area contributed by atoms with E-state index in [4.69, 9.17) is 4.74 Å². The normalized spacial score (nSPS) is 40.7. The van der Waals surface area contributed by atoms with E-state index in [1.54, 1.807) is 6.08 Å². The van der Waals surface area contributed by atoms with Crippen LogP contribution in [0.15, 0.2) is 12.2 Å². The molecule has 3 unspecified atom stereocenters. The van der Waals surface area contributed by atoms with Gasteiger partial charge in [0.2, 0.25) is 0 Å². The third-order valence-corrected chi connectivity index (χ3v) is 2.61. The molecule has 13 heavy (non-hydrogen) atoms. The van der Waals surface area contributed by atoms with Crippen LogP contribution in [0.1, 0.15) is 6.42 Å². The van der Waals surface area contributed by atoms with Crippen molar-refractivity contribution in [3.63, 3.8) is 0 Å². The predicted molar refractivity (Wildman–Crippen MR) is 42.9 cm³/mol.